The molecule has 0 radical (unpaired) electrons. The van der Waals surface area contributed by atoms with Crippen molar-refractivity contribution in [1.82, 2.24) is 0 Å². The minimum Gasteiger partial charge on any atom is -0.299 e. The Hall–Kier alpha value is 0.150. The van der Waals surface area contributed by atoms with Crippen LogP contribution in [0.4, 0.5) is 0 Å². The van der Waals surface area contributed by atoms with Gasteiger partial charge in [0, 0.05) is 16.7 Å². The van der Waals surface area contributed by atoms with E-state index in [-0.39, 0.29) is 0 Å². The lowest BCUT2D eigenvalue weighted by molar-refractivity contribution is -0.132. The number of alkyl halides is 1. The number of rotatable bonds is 0. The summed E-state index contributed by atoms with van der Waals surface area (Å²) in [6, 6.07) is 0. The van der Waals surface area contributed by atoms with Crippen LogP contribution < -0.4 is 0 Å². The highest BCUT2D eigenvalue weighted by atomic mass is 79.9. The van der Waals surface area contributed by atoms with Crippen LogP contribution in [0.5, 0.6) is 0 Å². The van der Waals surface area contributed by atoms with Gasteiger partial charge in [0.1, 0.15) is 5.78 Å². The molecule has 5 rings (SSSR count). The Kier molecular flexibility index (Phi) is 0.790. The van der Waals surface area contributed by atoms with Gasteiger partial charge >= 0.3 is 0 Å². The molecule has 5 saturated carbocycles. The zero-order chi connectivity index (χ0) is 8.48. The van der Waals surface area contributed by atoms with Gasteiger partial charge in [-0.3, -0.25) is 4.79 Å². The van der Waals surface area contributed by atoms with Crippen molar-refractivity contribution >= 4 is 21.7 Å². The molecule has 0 spiro atoms. The molecular weight excluding hydrogens is 228 g/mol. The Bertz CT molecular complexity index is 352. The lowest BCUT2D eigenvalue weighted by Crippen LogP contribution is -2.48. The first kappa shape index (κ1) is 6.60. The molecule has 0 aromatic heterocycles. The number of fused-ring (bicyclic) bond motifs is 2. The van der Waals surface area contributed by atoms with Crippen molar-refractivity contribution in [2.75, 3.05) is 0 Å². The molecule has 0 N–H and O–H groups in total. The second-order valence-electron chi connectivity index (χ2n) is 5.77. The minimum atomic E-state index is 0.513. The van der Waals surface area contributed by atoms with Crippen molar-refractivity contribution in [3.63, 3.8) is 0 Å². The molecule has 2 bridgehead atoms. The second-order valence-corrected chi connectivity index (χ2v) is 6.83. The van der Waals surface area contributed by atoms with Gasteiger partial charge in [0.25, 0.3) is 0 Å². The van der Waals surface area contributed by atoms with Crippen molar-refractivity contribution in [3.8, 4) is 0 Å². The fourth-order valence-corrected chi connectivity index (χ4v) is 7.45. The summed E-state index contributed by atoms with van der Waals surface area (Å²) in [5.41, 5.74) is 0. The van der Waals surface area contributed by atoms with E-state index in [0.29, 0.717) is 17.6 Å². The third kappa shape index (κ3) is 0.397. The molecule has 13 heavy (non-hydrogen) atoms. The molecule has 5 aliphatic rings. The van der Waals surface area contributed by atoms with E-state index in [4.69, 9.17) is 0 Å². The Balaban J connectivity index is 1.87. The van der Waals surface area contributed by atoms with Crippen LogP contribution in [-0.4, -0.2) is 10.6 Å². The number of hydrogen-bond donors (Lipinski definition) is 0. The van der Waals surface area contributed by atoms with Gasteiger partial charge in [-0.15, -0.1) is 0 Å². The molecule has 0 heterocycles. The topological polar surface area (TPSA) is 17.1 Å². The van der Waals surface area contributed by atoms with E-state index in [1.165, 1.54) is 6.42 Å². The van der Waals surface area contributed by atoms with Gasteiger partial charge in [0.2, 0.25) is 0 Å². The molecule has 5 aliphatic carbocycles. The quantitative estimate of drug-likeness (QED) is 0.588. The first-order valence-corrected chi connectivity index (χ1v) is 6.40. The third-order valence-corrected chi connectivity index (χ3v) is 7.24. The summed E-state index contributed by atoms with van der Waals surface area (Å²) < 4.78 is 0. The number of ketones is 1. The van der Waals surface area contributed by atoms with Gasteiger partial charge in [0.15, 0.2) is 0 Å². The van der Waals surface area contributed by atoms with Crippen molar-refractivity contribution in [1.29, 1.82) is 0 Å². The molecule has 68 valence electrons. The minimum absolute atomic E-state index is 0.513. The molecule has 0 aliphatic heterocycles. The van der Waals surface area contributed by atoms with Crippen LogP contribution in [-0.2, 0) is 4.79 Å². The number of hydrogen-bond acceptors (Lipinski definition) is 1. The van der Waals surface area contributed by atoms with Crippen LogP contribution >= 0.6 is 15.9 Å². The third-order valence-electron chi connectivity index (χ3n) is 6.01. The molecule has 5 fully saturated rings. The first-order valence-electron chi connectivity index (χ1n) is 5.48. The average molecular weight is 239 g/mol. The Morgan fingerprint density at radius 3 is 2.69 bits per heavy atom. The van der Waals surface area contributed by atoms with Crippen LogP contribution in [0.2, 0.25) is 0 Å². The predicted molar refractivity (Wildman–Crippen MR) is 50.3 cm³/mol. The SMILES string of the molecule is O=C1[C@@H]2[C@H]3[C@@H](Br)[C@H]4[C@@H]5C[C@H]([C@@H]14)[C@H]2[C@@H]53. The molecule has 2 heteroatoms. The van der Waals surface area contributed by atoms with Gasteiger partial charge in [-0.1, -0.05) is 15.9 Å². The number of carbonyl (C=O) groups is 1. The fraction of sp³-hybridized carbons (Fsp3) is 0.909. The average Bonchev–Trinajstić information content (AvgIpc) is 2.52. The summed E-state index contributed by atoms with van der Waals surface area (Å²) in [7, 11) is 0. The maximum atomic E-state index is 12.0. The predicted octanol–water partition coefficient (Wildman–Crippen LogP) is 1.71. The maximum Gasteiger partial charge on any atom is 0.140 e. The van der Waals surface area contributed by atoms with E-state index < -0.39 is 0 Å². The fourth-order valence-electron chi connectivity index (χ4n) is 6.05. The van der Waals surface area contributed by atoms with E-state index in [9.17, 15) is 4.79 Å². The molecule has 1 nitrogen and oxygen atoms in total. The van der Waals surface area contributed by atoms with Crippen LogP contribution in [0.25, 0.3) is 0 Å². The van der Waals surface area contributed by atoms with Crippen LogP contribution in [0.3, 0.4) is 0 Å². The highest BCUT2D eigenvalue weighted by Gasteiger charge is 2.83. The largest absolute Gasteiger partial charge is 0.299 e. The summed E-state index contributed by atoms with van der Waals surface area (Å²) in [6.45, 7) is 0. The van der Waals surface area contributed by atoms with Crippen LogP contribution in [0, 0.1) is 47.3 Å². The summed E-state index contributed by atoms with van der Waals surface area (Å²) in [5, 5.41) is 0. The molecular formula is C11H11BrO. The number of halogens is 1. The Morgan fingerprint density at radius 2 is 1.85 bits per heavy atom. The van der Waals surface area contributed by atoms with Crippen molar-refractivity contribution in [2.24, 2.45) is 47.3 Å². The molecule has 0 unspecified atom stereocenters. The van der Waals surface area contributed by atoms with E-state index in [1.54, 1.807) is 0 Å². The summed E-state index contributed by atoms with van der Waals surface area (Å²) in [6.07, 6.45) is 1.41. The smallest absolute Gasteiger partial charge is 0.140 e. The van der Waals surface area contributed by atoms with Gasteiger partial charge < -0.3 is 0 Å². The normalized spacial score (nSPS) is 79.8. The molecule has 0 aromatic rings. The number of Topliss-reactive ketones (excluding diaryl/α,β-unsaturated/α-hetero) is 1. The molecule has 0 amide bonds. The monoisotopic (exact) mass is 238 g/mol. The van der Waals surface area contributed by atoms with Gasteiger partial charge in [0.05, 0.1) is 0 Å². The highest BCUT2D eigenvalue weighted by molar-refractivity contribution is 9.09. The van der Waals surface area contributed by atoms with Crippen molar-refractivity contribution in [3.05, 3.63) is 0 Å². The maximum absolute atomic E-state index is 12.0. The standard InChI is InChI=1S/C11H11BrO/c12-10-6-2-1-3-5-4(2)8(10)9(5)11(13)7(3)6/h2-10H,1H2/t2-,3+,4-,5+,6+,7-,8+,9+,10+/m1/s1. The van der Waals surface area contributed by atoms with Crippen LogP contribution in [0.15, 0.2) is 0 Å². The Labute approximate surface area is 85.4 Å². The molecule has 9 atom stereocenters. The summed E-state index contributed by atoms with van der Waals surface area (Å²) >= 11 is 3.86. The van der Waals surface area contributed by atoms with E-state index in [0.717, 1.165) is 40.3 Å². The summed E-state index contributed by atoms with van der Waals surface area (Å²) in [4.78, 5) is 12.7. The highest BCUT2D eigenvalue weighted by Crippen LogP contribution is 2.82. The second kappa shape index (κ2) is 1.56. The number of carbonyl (C=O) groups excluding carboxylic acids is 1. The summed E-state index contributed by atoms with van der Waals surface area (Å²) in [5.74, 6) is 6.90. The lowest BCUT2D eigenvalue weighted by Gasteiger charge is -2.45. The zero-order valence-corrected chi connectivity index (χ0v) is 8.78. The van der Waals surface area contributed by atoms with Gasteiger partial charge in [-0.05, 0) is 41.9 Å². The molecule has 0 aromatic carbocycles. The van der Waals surface area contributed by atoms with Crippen LogP contribution in [0.1, 0.15) is 6.42 Å². The van der Waals surface area contributed by atoms with E-state index in [1.807, 2.05) is 0 Å². The van der Waals surface area contributed by atoms with Crippen molar-refractivity contribution < 1.29 is 4.79 Å². The van der Waals surface area contributed by atoms with E-state index in [2.05, 4.69) is 15.9 Å². The first-order chi connectivity index (χ1) is 6.30. The van der Waals surface area contributed by atoms with Crippen molar-refractivity contribution in [2.45, 2.75) is 11.2 Å². The Morgan fingerprint density at radius 1 is 1.00 bits per heavy atom. The zero-order valence-electron chi connectivity index (χ0n) is 7.19. The van der Waals surface area contributed by atoms with Gasteiger partial charge in [-0.25, -0.2) is 0 Å². The van der Waals surface area contributed by atoms with Gasteiger partial charge in [-0.2, -0.15) is 0 Å². The molecule has 0 saturated heterocycles. The van der Waals surface area contributed by atoms with E-state index >= 15 is 0 Å². The lowest BCUT2D eigenvalue weighted by atomic mass is 9.59.